The van der Waals surface area contributed by atoms with Crippen molar-refractivity contribution in [1.82, 2.24) is 0 Å². The van der Waals surface area contributed by atoms with E-state index in [1.54, 1.807) is 0 Å². The predicted octanol–water partition coefficient (Wildman–Crippen LogP) is -0.525. The third kappa shape index (κ3) is 5.36. The van der Waals surface area contributed by atoms with E-state index in [0.29, 0.717) is 0 Å². The molecule has 0 fully saturated rings. The highest BCUT2D eigenvalue weighted by molar-refractivity contribution is 7.46. The predicted molar refractivity (Wildman–Crippen MR) is 44.9 cm³/mol. The Bertz CT molecular complexity index is 197. The number of aliphatic hydroxyl groups is 2. The summed E-state index contributed by atoms with van der Waals surface area (Å²) in [6.07, 6.45) is 0. The zero-order valence-corrected chi connectivity index (χ0v) is 8.44. The van der Waals surface area contributed by atoms with Gasteiger partial charge in [0.25, 0.3) is 0 Å². The van der Waals surface area contributed by atoms with Gasteiger partial charge < -0.3 is 20.0 Å². The largest absolute Gasteiger partial charge is 0.469 e. The van der Waals surface area contributed by atoms with Gasteiger partial charge in [-0.3, -0.25) is 4.52 Å². The first-order valence-corrected chi connectivity index (χ1v) is 5.25. The number of aliphatic hydroxyl groups excluding tert-OH is 1. The van der Waals surface area contributed by atoms with Crippen LogP contribution in [0.3, 0.4) is 0 Å². The zero-order chi connectivity index (χ0) is 10.7. The van der Waals surface area contributed by atoms with Gasteiger partial charge in [0.2, 0.25) is 0 Å². The van der Waals surface area contributed by atoms with Crippen LogP contribution in [-0.2, 0) is 9.09 Å². The van der Waals surface area contributed by atoms with Crippen LogP contribution in [0.4, 0.5) is 0 Å². The first-order valence-electron chi connectivity index (χ1n) is 3.72. The Morgan fingerprint density at radius 3 is 2.31 bits per heavy atom. The van der Waals surface area contributed by atoms with Crippen LogP contribution in [0.5, 0.6) is 0 Å². The molecule has 0 saturated carbocycles. The maximum absolute atomic E-state index is 10.3. The van der Waals surface area contributed by atoms with Crippen LogP contribution in [0.1, 0.15) is 13.8 Å². The Balaban J connectivity index is 4.02. The molecule has 0 aliphatic rings. The average molecular weight is 214 g/mol. The van der Waals surface area contributed by atoms with E-state index in [4.69, 9.17) is 14.9 Å². The second-order valence-corrected chi connectivity index (χ2v) is 4.44. The Hall–Kier alpha value is 0.0300. The molecule has 0 rings (SSSR count). The monoisotopic (exact) mass is 214 g/mol. The summed E-state index contributed by atoms with van der Waals surface area (Å²) in [4.78, 5) is 16.7. The van der Waals surface area contributed by atoms with Crippen molar-refractivity contribution in [2.24, 2.45) is 5.92 Å². The van der Waals surface area contributed by atoms with E-state index < -0.39 is 25.9 Å². The van der Waals surface area contributed by atoms with E-state index in [2.05, 4.69) is 4.52 Å². The normalized spacial score (nSPS) is 19.5. The maximum atomic E-state index is 10.3. The van der Waals surface area contributed by atoms with Crippen molar-refractivity contribution in [2.75, 3.05) is 13.2 Å². The summed E-state index contributed by atoms with van der Waals surface area (Å²) in [5, 5.41) is 18.1. The highest BCUT2D eigenvalue weighted by atomic mass is 31.2. The van der Waals surface area contributed by atoms with Gasteiger partial charge in [-0.2, -0.15) is 0 Å². The van der Waals surface area contributed by atoms with Crippen molar-refractivity contribution in [3.05, 3.63) is 0 Å². The fraction of sp³-hybridized carbons (Fsp3) is 1.00. The standard InChI is InChI=1S/C6H15O6P/c1-5(6(2,8)4-7)3-12-13(9,10)11/h5,7-8H,3-4H2,1-2H3,(H2,9,10,11)/t5-,6+/m1/s1. The quantitative estimate of drug-likeness (QED) is 0.458. The van der Waals surface area contributed by atoms with Crippen molar-refractivity contribution < 1.29 is 29.1 Å². The van der Waals surface area contributed by atoms with E-state index in [1.165, 1.54) is 13.8 Å². The van der Waals surface area contributed by atoms with Gasteiger partial charge in [0.15, 0.2) is 0 Å². The molecule has 0 aromatic rings. The number of hydrogen-bond acceptors (Lipinski definition) is 4. The Morgan fingerprint density at radius 1 is 1.54 bits per heavy atom. The SMILES string of the molecule is C[C@H](COP(=O)(O)O)[C@@](C)(O)CO. The van der Waals surface area contributed by atoms with E-state index in [9.17, 15) is 9.67 Å². The third-order valence-corrected chi connectivity index (χ3v) is 2.36. The van der Waals surface area contributed by atoms with E-state index in [1.807, 2.05) is 0 Å². The maximum Gasteiger partial charge on any atom is 0.469 e. The fourth-order valence-corrected chi connectivity index (χ4v) is 0.962. The first kappa shape index (κ1) is 13.0. The summed E-state index contributed by atoms with van der Waals surface area (Å²) in [7, 11) is -4.49. The molecule has 0 saturated heterocycles. The summed E-state index contributed by atoms with van der Waals surface area (Å²) >= 11 is 0. The molecule has 0 aromatic carbocycles. The second-order valence-electron chi connectivity index (χ2n) is 3.20. The lowest BCUT2D eigenvalue weighted by molar-refractivity contribution is -0.0554. The summed E-state index contributed by atoms with van der Waals surface area (Å²) in [6, 6.07) is 0. The lowest BCUT2D eigenvalue weighted by atomic mass is 9.93. The van der Waals surface area contributed by atoms with E-state index in [-0.39, 0.29) is 6.61 Å². The fourth-order valence-electron chi connectivity index (χ4n) is 0.544. The number of phosphoric acid groups is 1. The molecule has 0 aliphatic heterocycles. The van der Waals surface area contributed by atoms with Crippen LogP contribution in [0, 0.1) is 5.92 Å². The molecule has 0 heterocycles. The molecule has 0 amide bonds. The molecule has 0 bridgehead atoms. The summed E-state index contributed by atoms with van der Waals surface area (Å²) in [5.74, 6) is -0.565. The molecule has 0 aliphatic carbocycles. The molecular formula is C6H15O6P. The lowest BCUT2D eigenvalue weighted by Gasteiger charge is -2.27. The topological polar surface area (TPSA) is 107 Å². The van der Waals surface area contributed by atoms with Crippen LogP contribution < -0.4 is 0 Å². The minimum atomic E-state index is -4.49. The molecule has 7 heteroatoms. The van der Waals surface area contributed by atoms with Crippen molar-refractivity contribution in [3.8, 4) is 0 Å². The van der Waals surface area contributed by atoms with Crippen molar-refractivity contribution in [2.45, 2.75) is 19.4 Å². The third-order valence-electron chi connectivity index (χ3n) is 1.87. The van der Waals surface area contributed by atoms with Crippen LogP contribution in [-0.4, -0.2) is 38.8 Å². The molecule has 0 spiro atoms. The van der Waals surface area contributed by atoms with Gasteiger partial charge >= 0.3 is 7.82 Å². The lowest BCUT2D eigenvalue weighted by Crippen LogP contribution is -2.39. The van der Waals surface area contributed by atoms with Crippen molar-refractivity contribution in [3.63, 3.8) is 0 Å². The van der Waals surface area contributed by atoms with E-state index >= 15 is 0 Å². The van der Waals surface area contributed by atoms with Crippen LogP contribution in [0.25, 0.3) is 0 Å². The van der Waals surface area contributed by atoms with Gasteiger partial charge in [-0.05, 0) is 6.92 Å². The number of rotatable bonds is 5. The van der Waals surface area contributed by atoms with Gasteiger partial charge in [0, 0.05) is 5.92 Å². The summed E-state index contributed by atoms with van der Waals surface area (Å²) in [6.45, 7) is 2.09. The van der Waals surface area contributed by atoms with Crippen LogP contribution >= 0.6 is 7.82 Å². The van der Waals surface area contributed by atoms with Crippen molar-refractivity contribution >= 4 is 7.82 Å². The number of phosphoric ester groups is 1. The molecule has 13 heavy (non-hydrogen) atoms. The van der Waals surface area contributed by atoms with Gasteiger partial charge in [-0.15, -0.1) is 0 Å². The average Bonchev–Trinajstić information content (AvgIpc) is 1.98. The molecule has 0 unspecified atom stereocenters. The zero-order valence-electron chi connectivity index (χ0n) is 7.54. The summed E-state index contributed by atoms with van der Waals surface area (Å²) in [5.41, 5.74) is -1.39. The van der Waals surface area contributed by atoms with Crippen LogP contribution in [0.15, 0.2) is 0 Å². The first-order chi connectivity index (χ1) is 5.69. The molecular weight excluding hydrogens is 199 g/mol. The highest BCUT2D eigenvalue weighted by Crippen LogP contribution is 2.37. The highest BCUT2D eigenvalue weighted by Gasteiger charge is 2.29. The molecule has 2 atom stereocenters. The Kier molecular flexibility index (Phi) is 4.51. The minimum absolute atomic E-state index is 0.308. The molecule has 0 aromatic heterocycles. The Morgan fingerprint density at radius 2 is 2.00 bits per heavy atom. The van der Waals surface area contributed by atoms with Gasteiger partial charge in [-0.25, -0.2) is 4.57 Å². The van der Waals surface area contributed by atoms with Crippen molar-refractivity contribution in [1.29, 1.82) is 0 Å². The van der Waals surface area contributed by atoms with Gasteiger partial charge in [0.05, 0.1) is 18.8 Å². The molecule has 4 N–H and O–H groups in total. The molecule has 0 radical (unpaired) electrons. The smallest absolute Gasteiger partial charge is 0.393 e. The Labute approximate surface area is 76.4 Å². The van der Waals surface area contributed by atoms with Gasteiger partial charge in [-0.1, -0.05) is 6.92 Å². The second kappa shape index (κ2) is 4.50. The van der Waals surface area contributed by atoms with Crippen LogP contribution in [0.2, 0.25) is 0 Å². The minimum Gasteiger partial charge on any atom is -0.393 e. The molecule has 80 valence electrons. The summed E-state index contributed by atoms with van der Waals surface area (Å²) < 4.78 is 14.5. The number of hydrogen-bond donors (Lipinski definition) is 4. The van der Waals surface area contributed by atoms with E-state index in [0.717, 1.165) is 0 Å². The molecule has 6 nitrogen and oxygen atoms in total. The van der Waals surface area contributed by atoms with Gasteiger partial charge in [0.1, 0.15) is 0 Å².